The molecule has 0 aromatic rings. The van der Waals surface area contributed by atoms with Crippen LogP contribution in [0.2, 0.25) is 0 Å². The largest absolute Gasteiger partial charge is 0.0808 e. The molecule has 0 heteroatoms. The maximum Gasteiger partial charge on any atom is 0.00406 e. The molecular weight excluding hydrogens is 108 g/mol. The zero-order valence-electron chi connectivity index (χ0n) is 6.31. The van der Waals surface area contributed by atoms with Crippen LogP contribution in [0.3, 0.4) is 0 Å². The van der Waals surface area contributed by atoms with Crippen LogP contribution >= 0.6 is 0 Å². The molecule has 1 rings (SSSR count). The van der Waals surface area contributed by atoms with Gasteiger partial charge in [0.1, 0.15) is 0 Å². The Morgan fingerprint density at radius 1 is 1.33 bits per heavy atom. The summed E-state index contributed by atoms with van der Waals surface area (Å²) in [5.41, 5.74) is 1.42. The van der Waals surface area contributed by atoms with Gasteiger partial charge in [-0.05, 0) is 12.8 Å². The third kappa shape index (κ3) is 1.24. The van der Waals surface area contributed by atoms with Crippen LogP contribution in [0.5, 0.6) is 0 Å². The Morgan fingerprint density at radius 2 is 2.00 bits per heavy atom. The standard InChI is InChI=1S/C9H13/c1-7-5-4-6-8(2)9(7)3/h4-7H,1-3H3. The highest BCUT2D eigenvalue weighted by molar-refractivity contribution is 5.32. The summed E-state index contributed by atoms with van der Waals surface area (Å²) in [4.78, 5) is 0. The average Bonchev–Trinajstić information content (AvgIpc) is 1.83. The van der Waals surface area contributed by atoms with Crippen LogP contribution in [0.25, 0.3) is 0 Å². The second-order valence-electron chi connectivity index (χ2n) is 2.71. The minimum Gasteiger partial charge on any atom is -0.0808 e. The van der Waals surface area contributed by atoms with E-state index in [-0.39, 0.29) is 0 Å². The predicted molar refractivity (Wildman–Crippen MR) is 41.0 cm³/mol. The highest BCUT2D eigenvalue weighted by Gasteiger charge is 2.13. The van der Waals surface area contributed by atoms with E-state index in [4.69, 9.17) is 0 Å². The van der Waals surface area contributed by atoms with E-state index in [1.807, 2.05) is 0 Å². The molecule has 0 aromatic carbocycles. The van der Waals surface area contributed by atoms with Crippen LogP contribution in [0.4, 0.5) is 0 Å². The quantitative estimate of drug-likeness (QED) is 0.462. The summed E-state index contributed by atoms with van der Waals surface area (Å²) in [7, 11) is 0. The van der Waals surface area contributed by atoms with Crippen molar-refractivity contribution in [3.8, 4) is 0 Å². The molecule has 0 aromatic heterocycles. The van der Waals surface area contributed by atoms with Gasteiger partial charge in [-0.2, -0.15) is 0 Å². The first-order chi connectivity index (χ1) is 4.22. The van der Waals surface area contributed by atoms with Crippen molar-refractivity contribution in [2.75, 3.05) is 0 Å². The van der Waals surface area contributed by atoms with Gasteiger partial charge in [-0.3, -0.25) is 0 Å². The van der Waals surface area contributed by atoms with Crippen molar-refractivity contribution in [2.45, 2.75) is 20.8 Å². The van der Waals surface area contributed by atoms with Crippen LogP contribution < -0.4 is 0 Å². The molecule has 49 valence electrons. The van der Waals surface area contributed by atoms with Crippen molar-refractivity contribution in [2.24, 2.45) is 5.92 Å². The molecule has 1 aliphatic rings. The van der Waals surface area contributed by atoms with E-state index in [1.165, 1.54) is 11.5 Å². The first-order valence-electron chi connectivity index (χ1n) is 3.40. The summed E-state index contributed by atoms with van der Waals surface area (Å²) in [5.74, 6) is 2.15. The zero-order valence-corrected chi connectivity index (χ0v) is 6.31. The Hall–Kier alpha value is -0.520. The van der Waals surface area contributed by atoms with Crippen LogP contribution in [-0.4, -0.2) is 0 Å². The van der Waals surface area contributed by atoms with E-state index in [1.54, 1.807) is 0 Å². The molecule has 0 amide bonds. The lowest BCUT2D eigenvalue weighted by Crippen LogP contribution is -2.06. The number of allylic oxidation sites excluding steroid dienone is 4. The molecule has 0 nitrogen and oxygen atoms in total. The Kier molecular flexibility index (Phi) is 1.75. The van der Waals surface area contributed by atoms with E-state index < -0.39 is 0 Å². The summed E-state index contributed by atoms with van der Waals surface area (Å²) in [5, 5.41) is 0. The van der Waals surface area contributed by atoms with Crippen LogP contribution in [0.15, 0.2) is 23.8 Å². The zero-order chi connectivity index (χ0) is 6.85. The Bertz CT molecular complexity index is 151. The van der Waals surface area contributed by atoms with Gasteiger partial charge in [-0.15, -0.1) is 0 Å². The second kappa shape index (κ2) is 2.38. The van der Waals surface area contributed by atoms with E-state index in [2.05, 4.69) is 39.0 Å². The summed E-state index contributed by atoms with van der Waals surface area (Å²) in [6, 6.07) is 0. The highest BCUT2D eigenvalue weighted by Crippen LogP contribution is 2.26. The summed E-state index contributed by atoms with van der Waals surface area (Å²) in [6.07, 6.45) is 6.52. The fourth-order valence-electron chi connectivity index (χ4n) is 1.00. The maximum absolute atomic E-state index is 2.22. The first-order valence-corrected chi connectivity index (χ1v) is 3.40. The number of hydrogen-bond donors (Lipinski definition) is 0. The molecule has 0 N–H and O–H groups in total. The van der Waals surface area contributed by atoms with Crippen LogP contribution in [0, 0.1) is 11.8 Å². The van der Waals surface area contributed by atoms with Gasteiger partial charge in [0.15, 0.2) is 0 Å². The molecule has 0 heterocycles. The number of hydrogen-bond acceptors (Lipinski definition) is 0. The van der Waals surface area contributed by atoms with Crippen molar-refractivity contribution >= 4 is 0 Å². The summed E-state index contributed by atoms with van der Waals surface area (Å²) in [6.45, 7) is 6.58. The SMILES string of the molecule is C[C]1C(C)=CC=CC1C. The molecule has 0 fully saturated rings. The number of rotatable bonds is 0. The van der Waals surface area contributed by atoms with Crippen LogP contribution in [0.1, 0.15) is 20.8 Å². The first kappa shape index (κ1) is 6.60. The predicted octanol–water partition coefficient (Wildman–Crippen LogP) is 2.73. The Balaban J connectivity index is 2.73. The molecule has 0 saturated carbocycles. The molecule has 0 bridgehead atoms. The van der Waals surface area contributed by atoms with Crippen molar-refractivity contribution in [1.29, 1.82) is 0 Å². The third-order valence-electron chi connectivity index (χ3n) is 2.05. The molecule has 0 spiro atoms. The fourth-order valence-corrected chi connectivity index (χ4v) is 1.00. The Morgan fingerprint density at radius 3 is 2.44 bits per heavy atom. The topological polar surface area (TPSA) is 0 Å². The maximum atomic E-state index is 2.22. The molecule has 1 aliphatic carbocycles. The minimum absolute atomic E-state index is 0.648. The summed E-state index contributed by atoms with van der Waals surface area (Å²) < 4.78 is 0. The van der Waals surface area contributed by atoms with Crippen molar-refractivity contribution in [3.63, 3.8) is 0 Å². The second-order valence-corrected chi connectivity index (χ2v) is 2.71. The van der Waals surface area contributed by atoms with Crippen LogP contribution in [-0.2, 0) is 0 Å². The van der Waals surface area contributed by atoms with Crippen molar-refractivity contribution in [1.82, 2.24) is 0 Å². The van der Waals surface area contributed by atoms with Crippen molar-refractivity contribution < 1.29 is 0 Å². The van der Waals surface area contributed by atoms with Gasteiger partial charge in [0, 0.05) is 5.92 Å². The smallest absolute Gasteiger partial charge is 0.00406 e. The fraction of sp³-hybridized carbons (Fsp3) is 0.444. The normalized spacial score (nSPS) is 28.3. The van der Waals surface area contributed by atoms with E-state index >= 15 is 0 Å². The molecule has 9 heavy (non-hydrogen) atoms. The van der Waals surface area contributed by atoms with Gasteiger partial charge in [-0.25, -0.2) is 0 Å². The molecule has 1 atom stereocenters. The van der Waals surface area contributed by atoms with Gasteiger partial charge < -0.3 is 0 Å². The van der Waals surface area contributed by atoms with E-state index in [0.29, 0.717) is 5.92 Å². The molecule has 0 saturated heterocycles. The summed E-state index contributed by atoms with van der Waals surface area (Å²) >= 11 is 0. The lowest BCUT2D eigenvalue weighted by atomic mass is 9.86. The lowest BCUT2D eigenvalue weighted by Gasteiger charge is -2.19. The molecular formula is C9H13. The molecule has 1 unspecified atom stereocenters. The van der Waals surface area contributed by atoms with Gasteiger partial charge in [0.25, 0.3) is 0 Å². The molecule has 0 aliphatic heterocycles. The van der Waals surface area contributed by atoms with Crippen molar-refractivity contribution in [3.05, 3.63) is 29.7 Å². The van der Waals surface area contributed by atoms with E-state index in [9.17, 15) is 0 Å². The third-order valence-corrected chi connectivity index (χ3v) is 2.05. The van der Waals surface area contributed by atoms with Gasteiger partial charge in [0.05, 0.1) is 0 Å². The average molecular weight is 121 g/mol. The van der Waals surface area contributed by atoms with Gasteiger partial charge >= 0.3 is 0 Å². The van der Waals surface area contributed by atoms with Gasteiger partial charge in [-0.1, -0.05) is 37.6 Å². The highest BCUT2D eigenvalue weighted by atomic mass is 14.2. The lowest BCUT2D eigenvalue weighted by molar-refractivity contribution is 0.749. The monoisotopic (exact) mass is 121 g/mol. The minimum atomic E-state index is 0.648. The van der Waals surface area contributed by atoms with E-state index in [0.717, 1.165) is 0 Å². The molecule has 1 radical (unpaired) electrons. The Labute approximate surface area is 57.3 Å². The van der Waals surface area contributed by atoms with Gasteiger partial charge in [0.2, 0.25) is 0 Å².